The second kappa shape index (κ2) is 15.7. The summed E-state index contributed by atoms with van der Waals surface area (Å²) in [6, 6.07) is 46.5. The Hall–Kier alpha value is -5.33. The predicted octanol–water partition coefficient (Wildman–Crippen LogP) is 9.75. The molecule has 2 heteroatoms. The largest absolute Gasteiger partial charge is 0.242 e. The van der Waals surface area contributed by atoms with Gasteiger partial charge in [0.1, 0.15) is 0 Å². The van der Waals surface area contributed by atoms with E-state index in [2.05, 4.69) is 204 Å². The van der Waals surface area contributed by atoms with E-state index in [1.165, 1.54) is 122 Å². The van der Waals surface area contributed by atoms with Crippen LogP contribution in [0, 0.1) is 83.1 Å². The average molecular weight is 727 g/mol. The molecule has 56 heavy (non-hydrogen) atoms. The van der Waals surface area contributed by atoms with E-state index in [1.54, 1.807) is 0 Å². The zero-order valence-corrected chi connectivity index (χ0v) is 35.7. The highest BCUT2D eigenvalue weighted by Gasteiger charge is 2.30. The monoisotopic (exact) mass is 726 g/mol. The maximum atomic E-state index is 2.38. The first-order valence-electron chi connectivity index (χ1n) is 20.3. The van der Waals surface area contributed by atoms with Crippen molar-refractivity contribution in [1.82, 2.24) is 0 Å². The first-order valence-corrected chi connectivity index (χ1v) is 20.3. The Balaban J connectivity index is 1.30. The third kappa shape index (κ3) is 7.47. The van der Waals surface area contributed by atoms with Gasteiger partial charge in [0, 0.05) is 0 Å². The molecule has 0 atom stereocenters. The molecule has 0 N–H and O–H groups in total. The van der Waals surface area contributed by atoms with Gasteiger partial charge in [-0.1, -0.05) is 221 Å². The Morgan fingerprint density at radius 3 is 0.696 bits per heavy atom. The van der Waals surface area contributed by atoms with Gasteiger partial charge in [0.05, 0.1) is 0 Å². The lowest BCUT2D eigenvalue weighted by molar-refractivity contribution is 1.34. The van der Waals surface area contributed by atoms with Crippen molar-refractivity contribution in [2.75, 3.05) is 0 Å². The van der Waals surface area contributed by atoms with Gasteiger partial charge in [0.15, 0.2) is 0 Å². The Morgan fingerprint density at radius 2 is 0.482 bits per heavy atom. The van der Waals surface area contributed by atoms with Crippen LogP contribution in [0.4, 0.5) is 0 Å². The molecular formula is C54H56B2. The first kappa shape index (κ1) is 38.9. The number of aryl methyl sites for hydroxylation is 12. The molecule has 0 bridgehead atoms. The number of hydrogen-bond donors (Lipinski definition) is 0. The Labute approximate surface area is 338 Å². The van der Waals surface area contributed by atoms with Crippen molar-refractivity contribution in [2.45, 2.75) is 83.1 Å². The van der Waals surface area contributed by atoms with Gasteiger partial charge in [-0.05, 0) is 105 Å². The summed E-state index contributed by atoms with van der Waals surface area (Å²) in [5, 5.41) is 0. The molecule has 0 aliphatic heterocycles. The van der Waals surface area contributed by atoms with Crippen LogP contribution < -0.4 is 32.8 Å². The van der Waals surface area contributed by atoms with E-state index in [-0.39, 0.29) is 13.4 Å². The lowest BCUT2D eigenvalue weighted by atomic mass is 9.34. The van der Waals surface area contributed by atoms with Crippen LogP contribution in [-0.4, -0.2) is 13.4 Å². The van der Waals surface area contributed by atoms with E-state index in [0.29, 0.717) is 0 Å². The minimum absolute atomic E-state index is 0.155. The fraction of sp³-hybridized carbons (Fsp3) is 0.222. The summed E-state index contributed by atoms with van der Waals surface area (Å²) in [6.45, 7) is 27.4. The van der Waals surface area contributed by atoms with E-state index < -0.39 is 0 Å². The molecule has 0 saturated carbocycles. The maximum Gasteiger partial charge on any atom is 0.242 e. The predicted molar refractivity (Wildman–Crippen MR) is 249 cm³/mol. The summed E-state index contributed by atoms with van der Waals surface area (Å²) in [4.78, 5) is 0. The molecule has 7 aromatic carbocycles. The highest BCUT2D eigenvalue weighted by atomic mass is 14.2. The first-order chi connectivity index (χ1) is 26.7. The summed E-state index contributed by atoms with van der Waals surface area (Å²) < 4.78 is 0. The molecule has 7 aromatic rings. The SMILES string of the molecule is Cc1cc(C)c(B(c2ccc(-c3ccccc3-c3ccc(B(c4c(C)cc(C)cc4C)c4c(C)cc(C)cc4C)cc3)cc2)c2c(C)cc(C)cc2C)c(C)c1. The Kier molecular flexibility index (Phi) is 10.9. The molecule has 278 valence electrons. The van der Waals surface area contributed by atoms with Gasteiger partial charge in [-0.3, -0.25) is 0 Å². The summed E-state index contributed by atoms with van der Waals surface area (Å²) in [7, 11) is 0. The molecule has 0 radical (unpaired) electrons. The van der Waals surface area contributed by atoms with E-state index in [0.717, 1.165) is 0 Å². The van der Waals surface area contributed by atoms with Gasteiger partial charge in [0.2, 0.25) is 13.4 Å². The van der Waals surface area contributed by atoms with E-state index in [4.69, 9.17) is 0 Å². The molecule has 0 aliphatic rings. The smallest absolute Gasteiger partial charge is 0.0686 e. The molecule has 0 nitrogen and oxygen atoms in total. The van der Waals surface area contributed by atoms with Crippen LogP contribution >= 0.6 is 0 Å². The van der Waals surface area contributed by atoms with Crippen LogP contribution in [0.3, 0.4) is 0 Å². The average Bonchev–Trinajstić information content (AvgIpc) is 3.12. The fourth-order valence-corrected chi connectivity index (χ4v) is 10.2. The standard InChI is InChI=1S/C54H56B2/c1-33-25-37(5)51(38(6)26-33)55(52-39(7)27-34(2)28-40(52)8)47-21-17-45(18-22-47)49-15-13-14-16-50(49)46-19-23-48(24-20-46)56(53-41(9)29-35(3)30-42(53)10)54-43(11)31-36(4)32-44(54)12/h13-32H,1-12H3. The van der Waals surface area contributed by atoms with Crippen LogP contribution in [-0.2, 0) is 0 Å². The van der Waals surface area contributed by atoms with Crippen LogP contribution in [0.25, 0.3) is 22.3 Å². The molecule has 0 aliphatic carbocycles. The quantitative estimate of drug-likeness (QED) is 0.137. The number of hydrogen-bond acceptors (Lipinski definition) is 0. The Morgan fingerprint density at radius 1 is 0.268 bits per heavy atom. The van der Waals surface area contributed by atoms with E-state index in [9.17, 15) is 0 Å². The fourth-order valence-electron chi connectivity index (χ4n) is 10.2. The molecule has 0 unspecified atom stereocenters. The van der Waals surface area contributed by atoms with Gasteiger partial charge in [-0.15, -0.1) is 0 Å². The molecule has 0 heterocycles. The second-order valence-electron chi connectivity index (χ2n) is 16.9. The van der Waals surface area contributed by atoms with Crippen molar-refractivity contribution < 1.29 is 0 Å². The lowest BCUT2D eigenvalue weighted by Gasteiger charge is -2.25. The normalized spacial score (nSPS) is 11.2. The highest BCUT2D eigenvalue weighted by Crippen LogP contribution is 2.32. The van der Waals surface area contributed by atoms with Gasteiger partial charge < -0.3 is 0 Å². The summed E-state index contributed by atoms with van der Waals surface area (Å²) in [6.07, 6.45) is 0. The molecule has 0 fully saturated rings. The van der Waals surface area contributed by atoms with Gasteiger partial charge in [-0.25, -0.2) is 0 Å². The molecule has 0 spiro atoms. The van der Waals surface area contributed by atoms with Gasteiger partial charge in [-0.2, -0.15) is 0 Å². The van der Waals surface area contributed by atoms with Gasteiger partial charge >= 0.3 is 0 Å². The van der Waals surface area contributed by atoms with Crippen molar-refractivity contribution in [3.05, 3.63) is 188 Å². The minimum Gasteiger partial charge on any atom is -0.0686 e. The summed E-state index contributed by atoms with van der Waals surface area (Å²) >= 11 is 0. The topological polar surface area (TPSA) is 0 Å². The van der Waals surface area contributed by atoms with Gasteiger partial charge in [0.25, 0.3) is 0 Å². The second-order valence-corrected chi connectivity index (χ2v) is 16.9. The minimum atomic E-state index is 0.155. The zero-order valence-electron chi connectivity index (χ0n) is 35.7. The number of rotatable bonds is 8. The summed E-state index contributed by atoms with van der Waals surface area (Å²) in [5.74, 6) is 0. The lowest BCUT2D eigenvalue weighted by Crippen LogP contribution is -2.55. The van der Waals surface area contributed by atoms with Crippen molar-refractivity contribution >= 4 is 46.2 Å². The van der Waals surface area contributed by atoms with Crippen molar-refractivity contribution in [2.24, 2.45) is 0 Å². The Bertz CT molecular complexity index is 2200. The van der Waals surface area contributed by atoms with Crippen molar-refractivity contribution in [3.8, 4) is 22.3 Å². The number of benzene rings is 7. The molecular weight excluding hydrogens is 670 g/mol. The third-order valence-corrected chi connectivity index (χ3v) is 12.1. The van der Waals surface area contributed by atoms with Crippen molar-refractivity contribution in [3.63, 3.8) is 0 Å². The van der Waals surface area contributed by atoms with E-state index in [1.807, 2.05) is 0 Å². The van der Waals surface area contributed by atoms with Crippen LogP contribution in [0.15, 0.2) is 121 Å². The van der Waals surface area contributed by atoms with E-state index >= 15 is 0 Å². The van der Waals surface area contributed by atoms with Crippen molar-refractivity contribution in [1.29, 1.82) is 0 Å². The molecule has 0 amide bonds. The maximum absolute atomic E-state index is 2.38. The van der Waals surface area contributed by atoms with Crippen LogP contribution in [0.1, 0.15) is 66.8 Å². The third-order valence-electron chi connectivity index (χ3n) is 12.1. The highest BCUT2D eigenvalue weighted by molar-refractivity contribution is 6.97. The van der Waals surface area contributed by atoms with Crippen LogP contribution in [0.2, 0.25) is 0 Å². The molecule has 7 rings (SSSR count). The zero-order chi connectivity index (χ0) is 40.0. The molecule has 0 aromatic heterocycles. The van der Waals surface area contributed by atoms with Crippen LogP contribution in [0.5, 0.6) is 0 Å². The molecule has 0 saturated heterocycles. The summed E-state index contributed by atoms with van der Waals surface area (Å²) in [5.41, 5.74) is 29.4.